The lowest BCUT2D eigenvalue weighted by Gasteiger charge is -2.33. The van der Waals surface area contributed by atoms with E-state index in [0.29, 0.717) is 19.6 Å². The van der Waals surface area contributed by atoms with E-state index in [0.717, 1.165) is 83.5 Å². The van der Waals surface area contributed by atoms with E-state index in [1.807, 2.05) is 43.3 Å². The van der Waals surface area contributed by atoms with Crippen LogP contribution in [0.4, 0.5) is 0 Å². The minimum absolute atomic E-state index is 0.141. The third-order valence-corrected chi connectivity index (χ3v) is 8.69. The van der Waals surface area contributed by atoms with E-state index in [9.17, 15) is 9.59 Å². The van der Waals surface area contributed by atoms with Crippen molar-refractivity contribution in [2.75, 3.05) is 26.8 Å². The highest BCUT2D eigenvalue weighted by molar-refractivity contribution is 5.79. The zero-order valence-electron chi connectivity index (χ0n) is 25.4. The molecular weight excluding hydrogens is 538 g/mol. The van der Waals surface area contributed by atoms with Gasteiger partial charge in [0.25, 0.3) is 0 Å². The van der Waals surface area contributed by atoms with Crippen molar-refractivity contribution in [2.45, 2.75) is 58.4 Å². The number of para-hydroxylation sites is 2. The summed E-state index contributed by atoms with van der Waals surface area (Å²) in [5, 5.41) is 0. The number of nitrogens with one attached hydrogen (secondary N) is 1. The van der Waals surface area contributed by atoms with Crippen molar-refractivity contribution in [3.63, 3.8) is 0 Å². The number of hydrogen-bond acceptors (Lipinski definition) is 4. The van der Waals surface area contributed by atoms with Gasteiger partial charge in [-0.1, -0.05) is 37.3 Å². The summed E-state index contributed by atoms with van der Waals surface area (Å²) in [6.07, 6.45) is 4.27. The van der Waals surface area contributed by atoms with Gasteiger partial charge in [-0.25, -0.2) is 9.78 Å². The molecule has 0 saturated carbocycles. The van der Waals surface area contributed by atoms with Gasteiger partial charge in [0.2, 0.25) is 5.91 Å². The van der Waals surface area contributed by atoms with Crippen molar-refractivity contribution in [1.29, 1.82) is 0 Å². The van der Waals surface area contributed by atoms with Gasteiger partial charge in [-0.15, -0.1) is 0 Å². The maximum Gasteiger partial charge on any atom is 0.331 e. The number of ether oxygens (including phenoxy) is 1. The van der Waals surface area contributed by atoms with Gasteiger partial charge >= 0.3 is 5.69 Å². The van der Waals surface area contributed by atoms with E-state index in [1.54, 1.807) is 11.7 Å². The normalized spacial score (nSPS) is 16.3. The fourth-order valence-electron chi connectivity index (χ4n) is 6.57. The molecule has 8 nitrogen and oxygen atoms in total. The number of piperidine rings is 1. The summed E-state index contributed by atoms with van der Waals surface area (Å²) in [5.41, 5.74) is 6.84. The van der Waals surface area contributed by atoms with E-state index in [2.05, 4.69) is 51.7 Å². The summed E-state index contributed by atoms with van der Waals surface area (Å²) in [7, 11) is 1.74. The number of amides is 1. The average molecular weight is 580 g/mol. The van der Waals surface area contributed by atoms with Crippen LogP contribution in [-0.4, -0.2) is 56.7 Å². The quantitative estimate of drug-likeness (QED) is 0.206. The standard InChI is InChI=1S/C35H41N5O3/c1-24-11-16-30-32(21-24)40(35(42)37-30)28-14-12-26(13-15-28)20-25(2)22-33(41)38-17-6-8-27(23-38)34-36-29-9-4-5-10-31(29)39(34)18-7-19-43-3/h4-5,9-16,21,25,27H,6-8,17-20,22-23H2,1-3H3,(H,37,42)/t25-,27-/m1/s1. The molecule has 0 unspecified atom stereocenters. The number of aromatic nitrogens is 4. The van der Waals surface area contributed by atoms with Crippen molar-refractivity contribution in [1.82, 2.24) is 24.0 Å². The Morgan fingerprint density at radius 3 is 2.72 bits per heavy atom. The predicted octanol–water partition coefficient (Wildman–Crippen LogP) is 5.99. The molecule has 1 aliphatic heterocycles. The van der Waals surface area contributed by atoms with Crippen LogP contribution < -0.4 is 5.69 Å². The second-order valence-electron chi connectivity index (χ2n) is 12.1. The first-order valence-electron chi connectivity index (χ1n) is 15.4. The first-order chi connectivity index (χ1) is 20.9. The third kappa shape index (κ3) is 6.15. The molecule has 3 aromatic carbocycles. The minimum Gasteiger partial charge on any atom is -0.385 e. The van der Waals surface area contributed by atoms with Gasteiger partial charge in [0.15, 0.2) is 0 Å². The summed E-state index contributed by atoms with van der Waals surface area (Å²) in [6, 6.07) is 22.4. The highest BCUT2D eigenvalue weighted by Crippen LogP contribution is 2.30. The molecule has 0 radical (unpaired) electrons. The maximum atomic E-state index is 13.5. The van der Waals surface area contributed by atoms with Gasteiger partial charge in [-0.3, -0.25) is 9.36 Å². The van der Waals surface area contributed by atoms with E-state index < -0.39 is 0 Å². The zero-order chi connectivity index (χ0) is 29.9. The van der Waals surface area contributed by atoms with E-state index in [4.69, 9.17) is 9.72 Å². The van der Waals surface area contributed by atoms with Crippen molar-refractivity contribution in [3.8, 4) is 5.69 Å². The van der Waals surface area contributed by atoms with E-state index in [1.165, 1.54) is 0 Å². The minimum atomic E-state index is -0.141. The Hall–Kier alpha value is -4.17. The molecule has 2 atom stereocenters. The lowest BCUT2D eigenvalue weighted by molar-refractivity contribution is -0.133. The van der Waals surface area contributed by atoms with Gasteiger partial charge in [0, 0.05) is 45.7 Å². The van der Waals surface area contributed by atoms with Crippen LogP contribution in [0.25, 0.3) is 27.8 Å². The molecule has 8 heteroatoms. The lowest BCUT2D eigenvalue weighted by Crippen LogP contribution is -2.40. The molecule has 1 saturated heterocycles. The van der Waals surface area contributed by atoms with Crippen molar-refractivity contribution in [2.24, 2.45) is 5.92 Å². The molecule has 5 aromatic rings. The number of benzene rings is 3. The Morgan fingerprint density at radius 2 is 1.91 bits per heavy atom. The van der Waals surface area contributed by atoms with Gasteiger partial charge in [-0.05, 0) is 86.1 Å². The number of aryl methyl sites for hydroxylation is 2. The summed E-state index contributed by atoms with van der Waals surface area (Å²) >= 11 is 0. The van der Waals surface area contributed by atoms with Crippen molar-refractivity contribution in [3.05, 3.63) is 94.2 Å². The summed E-state index contributed by atoms with van der Waals surface area (Å²) in [4.78, 5) is 36.2. The van der Waals surface area contributed by atoms with Crippen LogP contribution >= 0.6 is 0 Å². The first kappa shape index (κ1) is 28.9. The van der Waals surface area contributed by atoms with E-state index in [-0.39, 0.29) is 23.4 Å². The number of rotatable bonds is 10. The average Bonchev–Trinajstić information content (AvgIpc) is 3.54. The molecule has 0 spiro atoms. The van der Waals surface area contributed by atoms with Gasteiger partial charge in [-0.2, -0.15) is 0 Å². The number of carbonyl (C=O) groups excluding carboxylic acids is 1. The topological polar surface area (TPSA) is 85.1 Å². The van der Waals surface area contributed by atoms with Crippen LogP contribution in [-0.2, 0) is 22.5 Å². The number of carbonyl (C=O) groups is 1. The number of hydrogen-bond donors (Lipinski definition) is 1. The first-order valence-corrected chi connectivity index (χ1v) is 15.4. The number of methoxy groups -OCH3 is 1. The van der Waals surface area contributed by atoms with Crippen LogP contribution in [0.1, 0.15) is 55.5 Å². The Bertz CT molecular complexity index is 1780. The molecule has 1 fully saturated rings. The predicted molar refractivity (Wildman–Crippen MR) is 171 cm³/mol. The summed E-state index contributed by atoms with van der Waals surface area (Å²) in [6.45, 7) is 7.27. The lowest BCUT2D eigenvalue weighted by atomic mass is 9.94. The molecule has 3 heterocycles. The molecule has 0 aliphatic carbocycles. The Morgan fingerprint density at radius 1 is 1.09 bits per heavy atom. The molecule has 224 valence electrons. The summed E-state index contributed by atoms with van der Waals surface area (Å²) < 4.78 is 9.37. The second-order valence-corrected chi connectivity index (χ2v) is 12.1. The van der Waals surface area contributed by atoms with Gasteiger partial charge in [0.05, 0.1) is 27.8 Å². The second kappa shape index (κ2) is 12.6. The fourth-order valence-corrected chi connectivity index (χ4v) is 6.57. The number of aromatic amines is 1. The van der Waals surface area contributed by atoms with Crippen LogP contribution in [0, 0.1) is 12.8 Å². The molecule has 43 heavy (non-hydrogen) atoms. The monoisotopic (exact) mass is 579 g/mol. The molecule has 1 N–H and O–H groups in total. The Kier molecular flexibility index (Phi) is 8.47. The molecule has 6 rings (SSSR count). The summed E-state index contributed by atoms with van der Waals surface area (Å²) in [5.74, 6) is 1.74. The SMILES string of the molecule is COCCCn1c([C@@H]2CCCN(C(=O)C[C@H](C)Cc3ccc(-n4c(=O)[nH]c5ccc(C)cc54)cc3)C2)nc2ccccc21. The van der Waals surface area contributed by atoms with Gasteiger partial charge < -0.3 is 19.2 Å². The van der Waals surface area contributed by atoms with Crippen LogP contribution in [0.2, 0.25) is 0 Å². The molecule has 1 amide bonds. The number of nitrogens with zero attached hydrogens (tertiary/aromatic N) is 4. The molecular formula is C35H41N5O3. The van der Waals surface area contributed by atoms with Crippen LogP contribution in [0.15, 0.2) is 71.5 Å². The molecule has 2 aromatic heterocycles. The molecule has 1 aliphatic rings. The van der Waals surface area contributed by atoms with Crippen molar-refractivity contribution < 1.29 is 9.53 Å². The highest BCUT2D eigenvalue weighted by atomic mass is 16.5. The Labute approximate surface area is 252 Å². The largest absolute Gasteiger partial charge is 0.385 e. The van der Waals surface area contributed by atoms with Gasteiger partial charge in [0.1, 0.15) is 5.82 Å². The number of imidazole rings is 2. The Balaban J connectivity index is 1.10. The number of fused-ring (bicyclic) bond motifs is 2. The fraction of sp³-hybridized carbons (Fsp3) is 0.400. The smallest absolute Gasteiger partial charge is 0.331 e. The highest BCUT2D eigenvalue weighted by Gasteiger charge is 2.29. The zero-order valence-corrected chi connectivity index (χ0v) is 25.4. The van der Waals surface area contributed by atoms with Crippen molar-refractivity contribution >= 4 is 28.0 Å². The van der Waals surface area contributed by atoms with E-state index >= 15 is 0 Å². The van der Waals surface area contributed by atoms with Crippen LogP contribution in [0.5, 0.6) is 0 Å². The molecule has 0 bridgehead atoms. The maximum absolute atomic E-state index is 13.5. The number of H-pyrrole nitrogens is 1. The third-order valence-electron chi connectivity index (χ3n) is 8.69. The number of likely N-dealkylation sites (tertiary alicyclic amines) is 1. The van der Waals surface area contributed by atoms with Crippen LogP contribution in [0.3, 0.4) is 0 Å².